The van der Waals surface area contributed by atoms with Gasteiger partial charge in [-0.3, -0.25) is 18.7 Å². The zero-order valence-electron chi connectivity index (χ0n) is 38.7. The highest BCUT2D eigenvalue weighted by atomic mass is 31.2. The number of methoxy groups -OCH3 is 2. The summed E-state index contributed by atoms with van der Waals surface area (Å²) in [5.74, 6) is -7.89. The molecule has 1 aromatic rings. The van der Waals surface area contributed by atoms with E-state index in [9.17, 15) is 74.0 Å². The number of carboxylic acid groups (broad SMARTS) is 1. The third-order valence-corrected chi connectivity index (χ3v) is 11.3. The van der Waals surface area contributed by atoms with Crippen LogP contribution in [0.3, 0.4) is 0 Å². The average molecular weight is 1050 g/mol. The summed E-state index contributed by atoms with van der Waals surface area (Å²) in [4.78, 5) is 90.4. The molecule has 2 fully saturated rings. The lowest BCUT2D eigenvalue weighted by molar-refractivity contribution is -0.289. The molecule has 3 heterocycles. The minimum atomic E-state index is -5.72. The van der Waals surface area contributed by atoms with E-state index < -0.39 is 136 Å². The van der Waals surface area contributed by atoms with Crippen molar-refractivity contribution in [3.05, 3.63) is 22.7 Å². The highest BCUT2D eigenvalue weighted by Crippen LogP contribution is 2.51. The number of hydrogen-bond acceptors (Lipinski definition) is 25. The molecule has 0 radical (unpaired) electrons. The van der Waals surface area contributed by atoms with Crippen LogP contribution in [-0.4, -0.2) is 234 Å². The summed E-state index contributed by atoms with van der Waals surface area (Å²) >= 11 is 0. The lowest BCUT2D eigenvalue weighted by Gasteiger charge is -2.46. The number of aliphatic carboxylic acids is 1. The van der Waals surface area contributed by atoms with Crippen molar-refractivity contribution in [1.82, 2.24) is 30.8 Å². The summed E-state index contributed by atoms with van der Waals surface area (Å²) in [6.07, 6.45) is -17.5. The van der Waals surface area contributed by atoms with Gasteiger partial charge < -0.3 is 106 Å². The second-order valence-corrected chi connectivity index (χ2v) is 16.9. The van der Waals surface area contributed by atoms with E-state index in [1.807, 2.05) is 0 Å². The number of nitrogens with one attached hydrogen (secondary N) is 4. The SMILES string of the molecule is COCCOCCOC(=O)NCCCCC(NC(=O)OCCOCCOC)C(=O)NCC(=O)NC1C(O)CC(OP(=O)(O)OCC2OC(n3ccc(N)nc3=O)C(O)C2O)(C(=O)O)OC1C(O)C(O)CO. The van der Waals surface area contributed by atoms with Gasteiger partial charge in [0.2, 0.25) is 11.8 Å². The van der Waals surface area contributed by atoms with E-state index in [0.29, 0.717) is 13.2 Å². The van der Waals surface area contributed by atoms with E-state index in [-0.39, 0.29) is 71.3 Å². The molecule has 3 rings (SSSR count). The Balaban J connectivity index is 1.66. The number of carboxylic acids is 1. The van der Waals surface area contributed by atoms with Crippen LogP contribution >= 0.6 is 7.82 Å². The number of phosphoric ester groups is 1. The summed E-state index contributed by atoms with van der Waals surface area (Å²) in [6.45, 7) is -2.04. The number of carbonyl (C=O) groups excluding carboxylic acids is 4. The fraction of sp³-hybridized carbons (Fsp3) is 0.763. The van der Waals surface area contributed by atoms with E-state index in [1.165, 1.54) is 20.3 Å². The van der Waals surface area contributed by atoms with Crippen molar-refractivity contribution in [3.63, 3.8) is 0 Å². The van der Waals surface area contributed by atoms with Gasteiger partial charge in [-0.1, -0.05) is 0 Å². The molecule has 2 saturated heterocycles. The van der Waals surface area contributed by atoms with Crippen molar-refractivity contribution in [3.8, 4) is 0 Å². The van der Waals surface area contributed by atoms with E-state index >= 15 is 0 Å². The maximum atomic E-state index is 13.4. The molecule has 2 aliphatic rings. The Morgan fingerprint density at radius 1 is 0.944 bits per heavy atom. The number of aliphatic hydroxyl groups is 6. The molecular formula is C38H64N7O25P. The van der Waals surface area contributed by atoms with Gasteiger partial charge in [0.05, 0.1) is 71.5 Å². The summed E-state index contributed by atoms with van der Waals surface area (Å²) in [5.41, 5.74) is 4.47. The quantitative estimate of drug-likeness (QED) is 0.0236. The molecule has 0 aromatic carbocycles. The van der Waals surface area contributed by atoms with Crippen LogP contribution in [0.1, 0.15) is 31.9 Å². The highest BCUT2D eigenvalue weighted by Gasteiger charge is 2.59. The minimum Gasteiger partial charge on any atom is -0.477 e. The van der Waals surface area contributed by atoms with Crippen LogP contribution in [-0.2, 0) is 65.9 Å². The first-order chi connectivity index (χ1) is 33.7. The third-order valence-electron chi connectivity index (χ3n) is 10.3. The average Bonchev–Trinajstić information content (AvgIpc) is 3.60. The number of amides is 4. The number of aliphatic hydroxyl groups excluding tert-OH is 6. The van der Waals surface area contributed by atoms with Crippen LogP contribution in [0.25, 0.3) is 0 Å². The van der Waals surface area contributed by atoms with Gasteiger partial charge >= 0.3 is 31.7 Å². The molecule has 12 atom stereocenters. The Hall–Kier alpha value is -4.74. The van der Waals surface area contributed by atoms with Crippen molar-refractivity contribution >= 4 is 43.6 Å². The molecule has 14 N–H and O–H groups in total. The molecule has 71 heavy (non-hydrogen) atoms. The Kier molecular flexibility index (Phi) is 25.9. The van der Waals surface area contributed by atoms with E-state index in [4.69, 9.17) is 52.7 Å². The number of nitrogens with two attached hydrogens (primary N) is 1. The van der Waals surface area contributed by atoms with Gasteiger partial charge in [0.25, 0.3) is 5.79 Å². The standard InChI is InChI=1S/C38H64N7O25P/c1-61-9-11-63-13-15-65-36(57)40-7-4-3-5-21(42-37(58)66-16-14-64-12-10-62-2)32(53)41-18-26(49)44-27-22(47)17-38(34(54)55,69-31(27)28(50)23(48)19-46)70-71(59,60)67-20-24-29(51)30(52)33(68-24)45-8-6-25(39)43-35(45)56/h6,8,21-24,27-31,33,46-48,50-52H,3-5,7,9-20H2,1-2H3,(H,40,57)(H,41,53)(H,42,58)(H,44,49)(H,54,55)(H,59,60)(H2,39,43,56). The van der Waals surface area contributed by atoms with Crippen LogP contribution in [0.5, 0.6) is 0 Å². The Labute approximate surface area is 404 Å². The summed E-state index contributed by atoms with van der Waals surface area (Å²) in [7, 11) is -2.75. The summed E-state index contributed by atoms with van der Waals surface area (Å²) in [6, 6.07) is -2.08. The van der Waals surface area contributed by atoms with E-state index in [1.54, 1.807) is 0 Å². The Morgan fingerprint density at radius 2 is 1.58 bits per heavy atom. The van der Waals surface area contributed by atoms with Crippen molar-refractivity contribution in [1.29, 1.82) is 0 Å². The minimum absolute atomic E-state index is 0.00747. The number of phosphoric acid groups is 1. The van der Waals surface area contributed by atoms with Crippen molar-refractivity contribution in [2.45, 2.75) is 92.5 Å². The van der Waals surface area contributed by atoms with Gasteiger partial charge in [-0.05, 0) is 25.3 Å². The van der Waals surface area contributed by atoms with Crippen molar-refractivity contribution in [2.24, 2.45) is 0 Å². The predicted molar refractivity (Wildman–Crippen MR) is 232 cm³/mol. The smallest absolute Gasteiger partial charge is 0.475 e. The number of rotatable bonds is 32. The molecule has 32 nitrogen and oxygen atoms in total. The van der Waals surface area contributed by atoms with E-state index in [0.717, 1.165) is 10.8 Å². The molecule has 406 valence electrons. The van der Waals surface area contributed by atoms with Gasteiger partial charge in [-0.25, -0.2) is 28.3 Å². The molecule has 0 bridgehead atoms. The number of ether oxygens (including phenoxy) is 8. The highest BCUT2D eigenvalue weighted by molar-refractivity contribution is 7.47. The number of alkyl carbamates (subject to hydrolysis) is 2. The largest absolute Gasteiger partial charge is 0.477 e. The summed E-state index contributed by atoms with van der Waals surface area (Å²) < 4.78 is 64.8. The number of unbranched alkanes of at least 4 members (excludes halogenated alkanes) is 1. The zero-order valence-corrected chi connectivity index (χ0v) is 39.6. The van der Waals surface area contributed by atoms with Crippen molar-refractivity contribution < 1.29 is 116 Å². The molecule has 0 aliphatic carbocycles. The lowest BCUT2D eigenvalue weighted by Crippen LogP contribution is -2.68. The first-order valence-corrected chi connectivity index (χ1v) is 23.3. The first-order valence-electron chi connectivity index (χ1n) is 21.8. The van der Waals surface area contributed by atoms with Gasteiger partial charge in [0, 0.05) is 33.4 Å². The number of nitrogens with zero attached hydrogens (tertiary/aromatic N) is 2. The van der Waals surface area contributed by atoms with Crippen LogP contribution in [0.2, 0.25) is 0 Å². The molecule has 2 aliphatic heterocycles. The monoisotopic (exact) mass is 1050 g/mol. The normalized spacial score (nSPS) is 25.2. The fourth-order valence-electron chi connectivity index (χ4n) is 6.65. The van der Waals surface area contributed by atoms with E-state index in [2.05, 4.69) is 26.3 Å². The molecule has 4 amide bonds. The second kappa shape index (κ2) is 30.3. The second-order valence-electron chi connectivity index (χ2n) is 15.5. The zero-order chi connectivity index (χ0) is 52.7. The van der Waals surface area contributed by atoms with Gasteiger partial charge in [0.1, 0.15) is 61.7 Å². The van der Waals surface area contributed by atoms with Crippen LogP contribution in [0.4, 0.5) is 15.4 Å². The van der Waals surface area contributed by atoms with Gasteiger partial charge in [0.15, 0.2) is 6.23 Å². The fourth-order valence-corrected chi connectivity index (χ4v) is 7.61. The Bertz CT molecular complexity index is 1960. The molecule has 0 saturated carbocycles. The number of hydrogen-bond donors (Lipinski definition) is 13. The van der Waals surface area contributed by atoms with Crippen LogP contribution < -0.4 is 32.7 Å². The first kappa shape index (κ1) is 60.6. The number of anilines is 1. The predicted octanol–water partition coefficient (Wildman–Crippen LogP) is -5.86. The lowest BCUT2D eigenvalue weighted by atomic mass is 9.88. The van der Waals surface area contributed by atoms with Crippen LogP contribution in [0, 0.1) is 0 Å². The molecule has 0 spiro atoms. The van der Waals surface area contributed by atoms with Crippen LogP contribution in [0.15, 0.2) is 17.1 Å². The third kappa shape index (κ3) is 19.7. The molecule has 33 heteroatoms. The topological polar surface area (TPSA) is 466 Å². The number of carbonyl (C=O) groups is 5. The molecule has 12 unspecified atom stereocenters. The van der Waals surface area contributed by atoms with Crippen molar-refractivity contribution in [2.75, 3.05) is 99.1 Å². The van der Waals surface area contributed by atoms with Gasteiger partial charge in [-0.2, -0.15) is 4.98 Å². The Morgan fingerprint density at radius 3 is 2.18 bits per heavy atom. The maximum Gasteiger partial charge on any atom is 0.475 e. The molecule has 1 aromatic heterocycles. The number of nitrogen functional groups attached to an aromatic ring is 1. The maximum absolute atomic E-state index is 13.4. The van der Waals surface area contributed by atoms with Gasteiger partial charge in [-0.15, -0.1) is 0 Å². The number of aromatic nitrogens is 2. The summed E-state index contributed by atoms with van der Waals surface area (Å²) in [5, 5.41) is 82.7. The molecular weight excluding hydrogens is 985 g/mol.